The average molecular weight is 483 g/mol. The number of nitrogens with one attached hydrogen (secondary N) is 1. The molecule has 3 heterocycles. The number of piperazine rings is 1. The number of aromatic amines is 1. The van der Waals surface area contributed by atoms with Crippen molar-refractivity contribution >= 4 is 28.6 Å². The van der Waals surface area contributed by atoms with E-state index >= 15 is 0 Å². The van der Waals surface area contributed by atoms with Gasteiger partial charge >= 0.3 is 0 Å². The summed E-state index contributed by atoms with van der Waals surface area (Å²) < 4.78 is 5.23. The summed E-state index contributed by atoms with van der Waals surface area (Å²) in [5, 5.41) is 0. The van der Waals surface area contributed by atoms with E-state index in [-0.39, 0.29) is 24.1 Å². The zero-order chi connectivity index (χ0) is 25.2. The maximum atomic E-state index is 13.3. The number of benzene rings is 2. The first kappa shape index (κ1) is 23.3. The lowest BCUT2D eigenvalue weighted by atomic mass is 10.0. The normalized spacial score (nSPS) is 15.7. The van der Waals surface area contributed by atoms with Crippen LogP contribution in [-0.4, -0.2) is 70.2 Å². The molecule has 1 fully saturated rings. The van der Waals surface area contributed by atoms with Crippen molar-refractivity contribution in [3.05, 3.63) is 84.2 Å². The van der Waals surface area contributed by atoms with Gasteiger partial charge in [-0.2, -0.15) is 0 Å². The smallest absolute Gasteiger partial charge is 0.295 e. The lowest BCUT2D eigenvalue weighted by molar-refractivity contribution is -0.130. The number of aromatic nitrogens is 2. The van der Waals surface area contributed by atoms with E-state index in [9.17, 15) is 14.4 Å². The molecule has 1 atom stereocenters. The molecule has 8 heteroatoms. The molecule has 0 aliphatic carbocycles. The van der Waals surface area contributed by atoms with Gasteiger partial charge in [-0.15, -0.1) is 0 Å². The van der Waals surface area contributed by atoms with Gasteiger partial charge in [0.05, 0.1) is 23.7 Å². The first-order valence-electron chi connectivity index (χ1n) is 11.8. The number of rotatable bonds is 5. The van der Waals surface area contributed by atoms with Crippen LogP contribution < -0.4 is 4.74 Å². The molecule has 4 aromatic rings. The molecule has 182 valence electrons. The van der Waals surface area contributed by atoms with Crippen LogP contribution in [0.3, 0.4) is 0 Å². The van der Waals surface area contributed by atoms with E-state index in [0.29, 0.717) is 29.7 Å². The van der Waals surface area contributed by atoms with Crippen molar-refractivity contribution in [2.75, 3.05) is 26.7 Å². The van der Waals surface area contributed by atoms with E-state index in [0.717, 1.165) is 16.9 Å². The van der Waals surface area contributed by atoms with E-state index < -0.39 is 11.7 Å². The highest BCUT2D eigenvalue weighted by atomic mass is 16.5. The molecule has 1 aliphatic heterocycles. The number of hydrogen-bond donors (Lipinski definition) is 1. The molecular formula is C28H26N4O4. The number of nitrogens with zero attached hydrogens (tertiary/aromatic N) is 3. The van der Waals surface area contributed by atoms with Crippen LogP contribution in [0.25, 0.3) is 22.2 Å². The number of Topliss-reactive ketones (excluding diaryl/α,β-unsaturated/α-hetero) is 1. The highest BCUT2D eigenvalue weighted by Crippen LogP contribution is 2.30. The number of ether oxygens (including phenoxy) is 1. The molecule has 1 N–H and O–H groups in total. The van der Waals surface area contributed by atoms with Crippen LogP contribution >= 0.6 is 0 Å². The summed E-state index contributed by atoms with van der Waals surface area (Å²) in [6.07, 6.45) is 3.18. The van der Waals surface area contributed by atoms with Gasteiger partial charge in [-0.3, -0.25) is 19.4 Å². The van der Waals surface area contributed by atoms with E-state index in [1.165, 1.54) is 0 Å². The zero-order valence-corrected chi connectivity index (χ0v) is 20.1. The number of H-pyrrole nitrogens is 1. The topological polar surface area (TPSA) is 95.6 Å². The first-order valence-corrected chi connectivity index (χ1v) is 11.8. The largest absolute Gasteiger partial charge is 0.497 e. The molecular weight excluding hydrogens is 456 g/mol. The molecule has 2 amide bonds. The number of fused-ring (bicyclic) bond motifs is 1. The SMILES string of the molecule is COc1ccc(-c2ccnc3c(C(=O)C(=O)N4CCN(C(=O)c5ccccc5)C[C@H]4C)c[nH]c23)cc1. The molecule has 5 rings (SSSR count). The Labute approximate surface area is 208 Å². The maximum Gasteiger partial charge on any atom is 0.295 e. The van der Waals surface area contributed by atoms with Crippen LogP contribution in [0.15, 0.2) is 73.1 Å². The average Bonchev–Trinajstić information content (AvgIpc) is 3.37. The number of pyridine rings is 1. The van der Waals surface area contributed by atoms with Gasteiger partial charge in [-0.1, -0.05) is 30.3 Å². The molecule has 0 bridgehead atoms. The number of hydrogen-bond acceptors (Lipinski definition) is 5. The van der Waals surface area contributed by atoms with Crippen molar-refractivity contribution in [1.29, 1.82) is 0 Å². The van der Waals surface area contributed by atoms with Gasteiger partial charge in [0.1, 0.15) is 5.75 Å². The number of carbonyl (C=O) groups is 3. The van der Waals surface area contributed by atoms with Crippen LogP contribution in [0.1, 0.15) is 27.6 Å². The summed E-state index contributed by atoms with van der Waals surface area (Å²) in [6, 6.07) is 18.2. The predicted octanol–water partition coefficient (Wildman–Crippen LogP) is 3.79. The van der Waals surface area contributed by atoms with Crippen LogP contribution in [-0.2, 0) is 4.79 Å². The Morgan fingerprint density at radius 2 is 1.75 bits per heavy atom. The first-order chi connectivity index (χ1) is 17.5. The summed E-state index contributed by atoms with van der Waals surface area (Å²) in [6.45, 7) is 2.87. The minimum Gasteiger partial charge on any atom is -0.497 e. The second-order valence-corrected chi connectivity index (χ2v) is 8.81. The van der Waals surface area contributed by atoms with Crippen molar-refractivity contribution in [1.82, 2.24) is 19.8 Å². The fourth-order valence-electron chi connectivity index (χ4n) is 4.66. The summed E-state index contributed by atoms with van der Waals surface area (Å²) >= 11 is 0. The Balaban J connectivity index is 1.34. The molecule has 1 saturated heterocycles. The summed E-state index contributed by atoms with van der Waals surface area (Å²) in [4.78, 5) is 50.1. The van der Waals surface area contributed by atoms with Crippen molar-refractivity contribution in [3.8, 4) is 16.9 Å². The van der Waals surface area contributed by atoms with Gasteiger partial charge in [0.25, 0.3) is 17.6 Å². The van der Waals surface area contributed by atoms with Crippen molar-refractivity contribution < 1.29 is 19.1 Å². The van der Waals surface area contributed by atoms with Gasteiger partial charge in [0.15, 0.2) is 0 Å². The Morgan fingerprint density at radius 3 is 2.44 bits per heavy atom. The standard InChI is InChI=1S/C28H26N4O4/c1-18-17-31(27(34)20-6-4-3-5-7-20)14-15-32(18)28(35)26(33)23-16-30-24-22(12-13-29-25(23)24)19-8-10-21(36-2)11-9-19/h3-13,16,18,30H,14-15,17H2,1-2H3/t18-/m1/s1. The lowest BCUT2D eigenvalue weighted by Gasteiger charge is -2.39. The van der Waals surface area contributed by atoms with Crippen molar-refractivity contribution in [2.45, 2.75) is 13.0 Å². The fourth-order valence-corrected chi connectivity index (χ4v) is 4.66. The van der Waals surface area contributed by atoms with Crippen molar-refractivity contribution in [3.63, 3.8) is 0 Å². The highest BCUT2D eigenvalue weighted by molar-refractivity contribution is 6.44. The lowest BCUT2D eigenvalue weighted by Crippen LogP contribution is -2.56. The Kier molecular flexibility index (Phi) is 6.25. The summed E-state index contributed by atoms with van der Waals surface area (Å²) in [5.74, 6) is -0.536. The number of carbonyl (C=O) groups excluding carboxylic acids is 3. The third-order valence-electron chi connectivity index (χ3n) is 6.60. The zero-order valence-electron chi connectivity index (χ0n) is 20.1. The Bertz CT molecular complexity index is 1430. The molecule has 0 unspecified atom stereocenters. The quantitative estimate of drug-likeness (QED) is 0.345. The summed E-state index contributed by atoms with van der Waals surface area (Å²) in [5.41, 5.74) is 3.79. The van der Waals surface area contributed by atoms with E-state index in [2.05, 4.69) is 9.97 Å². The van der Waals surface area contributed by atoms with E-state index in [1.54, 1.807) is 41.4 Å². The number of amides is 2. The molecule has 0 radical (unpaired) electrons. The molecule has 2 aromatic heterocycles. The molecule has 1 aliphatic rings. The third-order valence-corrected chi connectivity index (χ3v) is 6.60. The second kappa shape index (κ2) is 9.65. The van der Waals surface area contributed by atoms with Crippen LogP contribution in [0.5, 0.6) is 5.75 Å². The maximum absolute atomic E-state index is 13.3. The fraction of sp³-hybridized carbons (Fsp3) is 0.214. The minimum absolute atomic E-state index is 0.0761. The number of methoxy groups -OCH3 is 1. The molecule has 0 saturated carbocycles. The second-order valence-electron chi connectivity index (χ2n) is 8.81. The van der Waals surface area contributed by atoms with Crippen LogP contribution in [0, 0.1) is 0 Å². The summed E-state index contributed by atoms with van der Waals surface area (Å²) in [7, 11) is 1.61. The Hall–Kier alpha value is -4.46. The Morgan fingerprint density at radius 1 is 1.00 bits per heavy atom. The molecule has 2 aromatic carbocycles. The van der Waals surface area contributed by atoms with Crippen molar-refractivity contribution in [2.24, 2.45) is 0 Å². The minimum atomic E-state index is -0.615. The van der Waals surface area contributed by atoms with Crippen LogP contribution in [0.2, 0.25) is 0 Å². The highest BCUT2D eigenvalue weighted by Gasteiger charge is 2.34. The van der Waals surface area contributed by atoms with E-state index in [4.69, 9.17) is 4.74 Å². The third kappa shape index (κ3) is 4.22. The molecule has 0 spiro atoms. The van der Waals surface area contributed by atoms with E-state index in [1.807, 2.05) is 55.5 Å². The predicted molar refractivity (Wildman–Crippen MR) is 136 cm³/mol. The van der Waals surface area contributed by atoms with Gasteiger partial charge < -0.3 is 19.5 Å². The molecule has 36 heavy (non-hydrogen) atoms. The van der Waals surface area contributed by atoms with Crippen LogP contribution in [0.4, 0.5) is 0 Å². The van der Waals surface area contributed by atoms with Gasteiger partial charge in [0.2, 0.25) is 0 Å². The van der Waals surface area contributed by atoms with Gasteiger partial charge in [0, 0.05) is 49.2 Å². The van der Waals surface area contributed by atoms with Gasteiger partial charge in [-0.25, -0.2) is 0 Å². The van der Waals surface area contributed by atoms with Gasteiger partial charge in [-0.05, 0) is 42.8 Å². The monoisotopic (exact) mass is 482 g/mol. The number of ketones is 1. The molecule has 8 nitrogen and oxygen atoms in total.